The summed E-state index contributed by atoms with van der Waals surface area (Å²) in [5.74, 6) is -0.921. The van der Waals surface area contributed by atoms with E-state index in [1.165, 1.54) is 19.5 Å². The molecule has 1 aliphatic carbocycles. The van der Waals surface area contributed by atoms with Gasteiger partial charge in [-0.3, -0.25) is 13.8 Å². The second-order valence-corrected chi connectivity index (χ2v) is 10.1. The Balaban J connectivity index is 1.45. The summed E-state index contributed by atoms with van der Waals surface area (Å²) < 4.78 is 40.5. The Labute approximate surface area is 190 Å². The number of aliphatic hydroxyl groups is 1. The number of carbonyl (C=O) groups excluding carboxylic acids is 1. The van der Waals surface area contributed by atoms with Crippen LogP contribution in [0.25, 0.3) is 6.08 Å². The van der Waals surface area contributed by atoms with Crippen molar-refractivity contribution in [3.8, 4) is 0 Å². The molecule has 1 aromatic rings. The van der Waals surface area contributed by atoms with Gasteiger partial charge in [-0.1, -0.05) is 0 Å². The van der Waals surface area contributed by atoms with Crippen LogP contribution in [0, 0.1) is 0 Å². The second-order valence-electron chi connectivity index (χ2n) is 8.34. The monoisotopic (exact) mass is 485 g/mol. The van der Waals surface area contributed by atoms with E-state index in [1.807, 2.05) is 0 Å². The minimum absolute atomic E-state index is 0.201. The molecule has 14 heteroatoms. The largest absolute Gasteiger partial charge is 0.462 e. The van der Waals surface area contributed by atoms with E-state index < -0.39 is 56.4 Å². The number of hydrogen-bond acceptors (Lipinski definition) is 12. The van der Waals surface area contributed by atoms with Crippen LogP contribution in [-0.2, 0) is 32.6 Å². The molecule has 2 aliphatic heterocycles. The molecule has 0 bridgehead atoms. The Hall–Kier alpha value is -2.12. The number of nitrogen functional groups attached to an aromatic ring is 1. The van der Waals surface area contributed by atoms with Gasteiger partial charge in [0.1, 0.15) is 42.1 Å². The van der Waals surface area contributed by atoms with Crippen molar-refractivity contribution in [2.24, 2.45) is 5.73 Å². The van der Waals surface area contributed by atoms with Gasteiger partial charge >= 0.3 is 13.7 Å². The molecule has 0 aromatic carbocycles. The zero-order valence-corrected chi connectivity index (χ0v) is 19.3. The summed E-state index contributed by atoms with van der Waals surface area (Å²) in [5, 5.41) is 13.9. The van der Waals surface area contributed by atoms with Crippen LogP contribution in [0.1, 0.15) is 37.9 Å². The summed E-state index contributed by atoms with van der Waals surface area (Å²) in [7, 11) is -3.91. The number of nitrogens with two attached hydrogens (primary N) is 2. The van der Waals surface area contributed by atoms with Crippen LogP contribution in [0.4, 0.5) is 5.82 Å². The first kappa shape index (κ1) is 24.0. The lowest BCUT2D eigenvalue weighted by Gasteiger charge is -2.32. The van der Waals surface area contributed by atoms with Gasteiger partial charge < -0.3 is 30.8 Å². The van der Waals surface area contributed by atoms with Crippen molar-refractivity contribution in [1.82, 2.24) is 15.1 Å². The molecule has 13 nitrogen and oxygen atoms in total. The average Bonchev–Trinajstić information content (AvgIpc) is 3.21. The first-order chi connectivity index (χ1) is 15.6. The summed E-state index contributed by atoms with van der Waals surface area (Å²) in [6.45, 7) is 4.22. The molecule has 3 fully saturated rings. The molecule has 6 N–H and O–H groups in total. The van der Waals surface area contributed by atoms with E-state index in [9.17, 15) is 14.5 Å². The van der Waals surface area contributed by atoms with Gasteiger partial charge in [0.2, 0.25) is 0 Å². The van der Waals surface area contributed by atoms with Crippen LogP contribution < -0.4 is 16.6 Å². The van der Waals surface area contributed by atoms with E-state index >= 15 is 0 Å². The number of rotatable bonds is 6. The first-order valence-corrected chi connectivity index (χ1v) is 12.0. The first-order valence-electron chi connectivity index (χ1n) is 10.5. The fourth-order valence-electron chi connectivity index (χ4n) is 4.19. The number of hydrogen-bond donors (Lipinski definition) is 4. The zero-order valence-electron chi connectivity index (χ0n) is 18.4. The lowest BCUT2D eigenvalue weighted by molar-refractivity contribution is -0.150. The zero-order chi connectivity index (χ0) is 24.0. The van der Waals surface area contributed by atoms with Crippen molar-refractivity contribution in [3.63, 3.8) is 0 Å². The number of nitrogens with one attached hydrogen (secondary N) is 1. The van der Waals surface area contributed by atoms with E-state index in [1.54, 1.807) is 19.9 Å². The molecule has 182 valence electrons. The molecular weight excluding hydrogens is 457 g/mol. The maximum absolute atomic E-state index is 13.0. The molecule has 3 heterocycles. The molecule has 1 saturated carbocycles. The highest BCUT2D eigenvalue weighted by Gasteiger charge is 2.78. The van der Waals surface area contributed by atoms with Crippen molar-refractivity contribution in [2.75, 3.05) is 19.1 Å². The van der Waals surface area contributed by atoms with Crippen LogP contribution in [0.2, 0.25) is 0 Å². The Kier molecular flexibility index (Phi) is 6.49. The van der Waals surface area contributed by atoms with E-state index in [-0.39, 0.29) is 18.5 Å². The summed E-state index contributed by atoms with van der Waals surface area (Å²) in [6.07, 6.45) is 1.62. The minimum atomic E-state index is -3.91. The lowest BCUT2D eigenvalue weighted by atomic mass is 10.0. The molecule has 3 aliphatic rings. The number of ether oxygens (including phenoxy) is 3. The highest BCUT2D eigenvalue weighted by Crippen LogP contribution is 2.63. The Bertz CT molecular complexity index is 993. The number of fused-ring (bicyclic) bond motifs is 3. The Morgan fingerprint density at radius 3 is 2.82 bits per heavy atom. The van der Waals surface area contributed by atoms with Gasteiger partial charge in [-0.05, 0) is 33.0 Å². The number of nitrogens with zero attached hydrogens (tertiary/aromatic N) is 2. The minimum Gasteiger partial charge on any atom is -0.462 e. The molecule has 0 amide bonds. The fraction of sp³-hybridized carbons (Fsp3) is 0.632. The van der Waals surface area contributed by atoms with Crippen molar-refractivity contribution in [2.45, 2.75) is 62.7 Å². The highest BCUT2D eigenvalue weighted by molar-refractivity contribution is 7.51. The molecule has 7 atom stereocenters. The van der Waals surface area contributed by atoms with Crippen LogP contribution in [0.15, 0.2) is 12.5 Å². The van der Waals surface area contributed by atoms with Gasteiger partial charge in [-0.15, -0.1) is 0 Å². The van der Waals surface area contributed by atoms with Gasteiger partial charge in [0.05, 0.1) is 24.3 Å². The van der Waals surface area contributed by atoms with Crippen LogP contribution >= 0.6 is 7.75 Å². The summed E-state index contributed by atoms with van der Waals surface area (Å²) in [5.41, 5.74) is 11.0. The van der Waals surface area contributed by atoms with Crippen molar-refractivity contribution >= 4 is 25.6 Å². The molecule has 0 radical (unpaired) electrons. The van der Waals surface area contributed by atoms with Gasteiger partial charge in [0.15, 0.2) is 6.79 Å². The maximum atomic E-state index is 13.0. The predicted molar refractivity (Wildman–Crippen MR) is 114 cm³/mol. The molecule has 4 unspecified atom stereocenters. The number of aromatic nitrogens is 2. The smallest absolute Gasteiger partial charge is 0.408 e. The Morgan fingerprint density at radius 1 is 1.36 bits per heavy atom. The lowest BCUT2D eigenvalue weighted by Crippen LogP contribution is -2.44. The highest BCUT2D eigenvalue weighted by atomic mass is 31.2. The van der Waals surface area contributed by atoms with E-state index in [2.05, 4.69) is 15.1 Å². The van der Waals surface area contributed by atoms with Crippen molar-refractivity contribution in [3.05, 3.63) is 23.8 Å². The average molecular weight is 485 g/mol. The molecule has 4 rings (SSSR count). The van der Waals surface area contributed by atoms with Crippen molar-refractivity contribution in [1.29, 1.82) is 0 Å². The second kappa shape index (κ2) is 8.91. The summed E-state index contributed by atoms with van der Waals surface area (Å²) in [4.78, 5) is 20.3. The standard InChI is InChI=1S/C19H28N5O8P/c1-9(2)31-18(25)10(3)24-33(27)29-6-12-15(28-8-30-33)19(26)13(16(19)32-12)14-11(4-5-20)17(21)23-7-22-14/h4-5,7,9-10,12-13,15-16,26H,6,8,20H2,1-3H3,(H,24,27)(H2,21,22,23)/b5-4-/t10-,12?,13?,15?,16-,19-,33?/m0/s1. The predicted octanol–water partition coefficient (Wildman–Crippen LogP) is 0.0112. The van der Waals surface area contributed by atoms with E-state index in [4.69, 9.17) is 34.7 Å². The third-order valence-electron chi connectivity index (χ3n) is 5.70. The van der Waals surface area contributed by atoms with Crippen LogP contribution in [-0.4, -0.2) is 70.5 Å². The molecule has 0 spiro atoms. The normalized spacial score (nSPS) is 36.6. The van der Waals surface area contributed by atoms with E-state index in [0.29, 0.717) is 11.3 Å². The van der Waals surface area contributed by atoms with Crippen LogP contribution in [0.3, 0.4) is 0 Å². The number of anilines is 1. The van der Waals surface area contributed by atoms with Gasteiger partial charge in [0, 0.05) is 5.56 Å². The quantitative estimate of drug-likeness (QED) is 0.312. The van der Waals surface area contributed by atoms with Gasteiger partial charge in [-0.2, -0.15) is 0 Å². The summed E-state index contributed by atoms with van der Waals surface area (Å²) in [6, 6.07) is -0.947. The third kappa shape index (κ3) is 4.37. The molecule has 33 heavy (non-hydrogen) atoms. The van der Waals surface area contributed by atoms with E-state index in [0.717, 1.165) is 0 Å². The fourth-order valence-corrected chi connectivity index (χ4v) is 5.54. The van der Waals surface area contributed by atoms with Gasteiger partial charge in [-0.25, -0.2) is 19.6 Å². The number of esters is 1. The third-order valence-corrected chi connectivity index (χ3v) is 7.34. The number of carbonyl (C=O) groups is 1. The summed E-state index contributed by atoms with van der Waals surface area (Å²) >= 11 is 0. The molecule has 1 aromatic heterocycles. The molecule has 2 saturated heterocycles. The van der Waals surface area contributed by atoms with Crippen LogP contribution in [0.5, 0.6) is 0 Å². The Morgan fingerprint density at radius 2 is 2.12 bits per heavy atom. The SMILES string of the molecule is CC(C)OC(=O)[C@H](C)NP1(=O)OCOC2C(CO1)O[C@H]1C(c3ncnc(N)c3/C=C\N)[C@]21O. The molecular formula is C19H28N5O8P. The topological polar surface area (TPSA) is 190 Å². The van der Waals surface area contributed by atoms with Gasteiger partial charge in [0.25, 0.3) is 0 Å². The van der Waals surface area contributed by atoms with Crippen molar-refractivity contribution < 1.29 is 37.7 Å². The maximum Gasteiger partial charge on any atom is 0.408 e.